The molecular weight excluding hydrogens is 304 g/mol. The van der Waals surface area contributed by atoms with E-state index in [1.165, 1.54) is 0 Å². The summed E-state index contributed by atoms with van der Waals surface area (Å²) in [6, 6.07) is 13.3. The van der Waals surface area contributed by atoms with E-state index in [9.17, 15) is 9.59 Å². The highest BCUT2D eigenvalue weighted by atomic mass is 16.5. The van der Waals surface area contributed by atoms with E-state index in [0.717, 1.165) is 17.2 Å². The molecule has 0 spiro atoms. The van der Waals surface area contributed by atoms with Gasteiger partial charge in [0.05, 0.1) is 12.8 Å². The maximum atomic E-state index is 11.9. The molecule has 0 N–H and O–H groups in total. The van der Waals surface area contributed by atoms with Gasteiger partial charge in [-0.15, -0.1) is 0 Å². The summed E-state index contributed by atoms with van der Waals surface area (Å²) in [5.41, 5.74) is 0. The highest BCUT2D eigenvalue weighted by Gasteiger charge is 2.17. The fraction of sp³-hybridized carbons (Fsp3) is 0.400. The Labute approximate surface area is 142 Å². The molecule has 0 heterocycles. The molecule has 2 aromatic carbocycles. The van der Waals surface area contributed by atoms with Gasteiger partial charge in [0.1, 0.15) is 11.9 Å². The topological polar surface area (TPSA) is 52.6 Å². The zero-order valence-electron chi connectivity index (χ0n) is 14.5. The van der Waals surface area contributed by atoms with Crippen molar-refractivity contribution in [2.24, 2.45) is 5.92 Å². The minimum atomic E-state index is -0.431. The molecule has 0 radical (unpaired) electrons. The van der Waals surface area contributed by atoms with Crippen molar-refractivity contribution in [3.05, 3.63) is 42.5 Å². The standard InChI is InChI=1S/C20H24O4/c1-4-18(14(2)3)24-20(22)12-11-19(21)23-17-10-9-15-7-5-6-8-16(15)13-17/h5-10,13-14,18H,4,11-12H2,1-3H3. The van der Waals surface area contributed by atoms with Crippen molar-refractivity contribution in [3.8, 4) is 5.75 Å². The molecule has 0 aromatic heterocycles. The second-order valence-corrected chi connectivity index (χ2v) is 6.16. The van der Waals surface area contributed by atoms with Gasteiger partial charge in [-0.3, -0.25) is 9.59 Å². The van der Waals surface area contributed by atoms with Gasteiger partial charge in [0.15, 0.2) is 0 Å². The Morgan fingerprint density at radius 3 is 2.29 bits per heavy atom. The molecule has 0 fully saturated rings. The number of hydrogen-bond acceptors (Lipinski definition) is 4. The molecule has 24 heavy (non-hydrogen) atoms. The Morgan fingerprint density at radius 2 is 1.62 bits per heavy atom. The molecule has 0 aliphatic rings. The largest absolute Gasteiger partial charge is 0.462 e. The Bertz CT molecular complexity index is 706. The number of carbonyl (C=O) groups excluding carboxylic acids is 2. The van der Waals surface area contributed by atoms with Crippen LogP contribution in [0.25, 0.3) is 10.8 Å². The van der Waals surface area contributed by atoms with E-state index in [4.69, 9.17) is 9.47 Å². The average molecular weight is 328 g/mol. The normalized spacial score (nSPS) is 12.2. The van der Waals surface area contributed by atoms with Gasteiger partial charge >= 0.3 is 11.9 Å². The average Bonchev–Trinajstić information content (AvgIpc) is 2.57. The zero-order chi connectivity index (χ0) is 17.5. The minimum absolute atomic E-state index is 0.0141. The smallest absolute Gasteiger partial charge is 0.311 e. The van der Waals surface area contributed by atoms with Crippen molar-refractivity contribution < 1.29 is 19.1 Å². The van der Waals surface area contributed by atoms with Crippen LogP contribution in [0.15, 0.2) is 42.5 Å². The van der Waals surface area contributed by atoms with Crippen molar-refractivity contribution in [2.45, 2.75) is 46.1 Å². The lowest BCUT2D eigenvalue weighted by Gasteiger charge is -2.19. The molecule has 1 atom stereocenters. The Kier molecular flexibility index (Phi) is 6.36. The second-order valence-electron chi connectivity index (χ2n) is 6.16. The van der Waals surface area contributed by atoms with Crippen LogP contribution in [-0.4, -0.2) is 18.0 Å². The fourth-order valence-corrected chi connectivity index (χ4v) is 2.54. The molecule has 0 bridgehead atoms. The quantitative estimate of drug-likeness (QED) is 0.554. The van der Waals surface area contributed by atoms with Crippen molar-refractivity contribution in [1.82, 2.24) is 0 Å². The maximum absolute atomic E-state index is 11.9. The molecule has 0 saturated carbocycles. The van der Waals surface area contributed by atoms with E-state index < -0.39 is 5.97 Å². The predicted octanol–water partition coefficient (Wildman–Crippen LogP) is 4.50. The van der Waals surface area contributed by atoms with Gasteiger partial charge in [-0.05, 0) is 35.2 Å². The molecule has 0 saturated heterocycles. The molecule has 4 heteroatoms. The third-order valence-corrected chi connectivity index (χ3v) is 3.91. The van der Waals surface area contributed by atoms with Crippen molar-refractivity contribution in [3.63, 3.8) is 0 Å². The number of carbonyl (C=O) groups is 2. The minimum Gasteiger partial charge on any atom is -0.462 e. The number of fused-ring (bicyclic) bond motifs is 1. The van der Waals surface area contributed by atoms with Crippen LogP contribution in [-0.2, 0) is 14.3 Å². The Morgan fingerprint density at radius 1 is 0.958 bits per heavy atom. The van der Waals surface area contributed by atoms with Crippen LogP contribution in [0.2, 0.25) is 0 Å². The summed E-state index contributed by atoms with van der Waals surface area (Å²) in [6.45, 7) is 6.00. The van der Waals surface area contributed by atoms with Crippen LogP contribution < -0.4 is 4.74 Å². The highest BCUT2D eigenvalue weighted by Crippen LogP contribution is 2.21. The molecule has 4 nitrogen and oxygen atoms in total. The van der Waals surface area contributed by atoms with Gasteiger partial charge in [-0.25, -0.2) is 0 Å². The van der Waals surface area contributed by atoms with Crippen LogP contribution in [0.4, 0.5) is 0 Å². The number of rotatable bonds is 7. The van der Waals surface area contributed by atoms with E-state index in [1.807, 2.05) is 57.2 Å². The van der Waals surface area contributed by atoms with Crippen LogP contribution in [0.1, 0.15) is 40.0 Å². The highest BCUT2D eigenvalue weighted by molar-refractivity contribution is 5.85. The molecule has 0 amide bonds. The van der Waals surface area contributed by atoms with Crippen molar-refractivity contribution in [2.75, 3.05) is 0 Å². The zero-order valence-corrected chi connectivity index (χ0v) is 14.5. The van der Waals surface area contributed by atoms with Gasteiger partial charge in [0, 0.05) is 0 Å². The Hall–Kier alpha value is -2.36. The van der Waals surface area contributed by atoms with Gasteiger partial charge in [-0.1, -0.05) is 51.1 Å². The lowest BCUT2D eigenvalue weighted by Crippen LogP contribution is -2.23. The van der Waals surface area contributed by atoms with Crippen LogP contribution in [0, 0.1) is 5.92 Å². The first-order chi connectivity index (χ1) is 11.5. The first-order valence-corrected chi connectivity index (χ1v) is 8.38. The van der Waals surface area contributed by atoms with Crippen molar-refractivity contribution >= 4 is 22.7 Å². The molecule has 128 valence electrons. The maximum Gasteiger partial charge on any atom is 0.311 e. The van der Waals surface area contributed by atoms with Crippen molar-refractivity contribution in [1.29, 1.82) is 0 Å². The third-order valence-electron chi connectivity index (χ3n) is 3.91. The molecule has 0 aliphatic heterocycles. The predicted molar refractivity (Wildman–Crippen MR) is 93.8 cm³/mol. The van der Waals surface area contributed by atoms with Crippen LogP contribution in [0.3, 0.4) is 0 Å². The van der Waals surface area contributed by atoms with Gasteiger partial charge in [0.2, 0.25) is 0 Å². The van der Waals surface area contributed by atoms with E-state index in [1.54, 1.807) is 6.07 Å². The SMILES string of the molecule is CCC(OC(=O)CCC(=O)Oc1ccc2ccccc2c1)C(C)C. The molecule has 1 unspecified atom stereocenters. The van der Waals surface area contributed by atoms with Gasteiger partial charge in [0.25, 0.3) is 0 Å². The number of esters is 2. The summed E-state index contributed by atoms with van der Waals surface area (Å²) in [6.07, 6.45) is 0.717. The Balaban J connectivity index is 1.85. The van der Waals surface area contributed by atoms with E-state index in [2.05, 4.69) is 0 Å². The van der Waals surface area contributed by atoms with E-state index >= 15 is 0 Å². The second kappa shape index (κ2) is 8.48. The van der Waals surface area contributed by atoms with Crippen LogP contribution in [0.5, 0.6) is 5.75 Å². The molecular formula is C20H24O4. The summed E-state index contributed by atoms with van der Waals surface area (Å²) in [5.74, 6) is -0.0324. The summed E-state index contributed by atoms with van der Waals surface area (Å²) in [7, 11) is 0. The monoisotopic (exact) mass is 328 g/mol. The molecule has 2 aromatic rings. The summed E-state index contributed by atoms with van der Waals surface area (Å²) in [4.78, 5) is 23.7. The van der Waals surface area contributed by atoms with Crippen LogP contribution >= 0.6 is 0 Å². The fourth-order valence-electron chi connectivity index (χ4n) is 2.54. The summed E-state index contributed by atoms with van der Waals surface area (Å²) >= 11 is 0. The van der Waals surface area contributed by atoms with Gasteiger partial charge in [-0.2, -0.15) is 0 Å². The molecule has 2 rings (SSSR count). The summed E-state index contributed by atoms with van der Waals surface area (Å²) in [5, 5.41) is 2.09. The van der Waals surface area contributed by atoms with E-state index in [-0.39, 0.29) is 30.8 Å². The first kappa shape index (κ1) is 18.0. The first-order valence-electron chi connectivity index (χ1n) is 8.38. The number of benzene rings is 2. The third kappa shape index (κ3) is 5.08. The lowest BCUT2D eigenvalue weighted by atomic mass is 10.1. The number of ether oxygens (including phenoxy) is 2. The molecule has 0 aliphatic carbocycles. The van der Waals surface area contributed by atoms with E-state index in [0.29, 0.717) is 5.75 Å². The lowest BCUT2D eigenvalue weighted by molar-refractivity contribution is -0.153. The number of hydrogen-bond donors (Lipinski definition) is 0. The summed E-state index contributed by atoms with van der Waals surface area (Å²) < 4.78 is 10.7. The van der Waals surface area contributed by atoms with Gasteiger partial charge < -0.3 is 9.47 Å².